The van der Waals surface area contributed by atoms with Crippen LogP contribution in [0, 0.1) is 5.82 Å². The minimum atomic E-state index is -0.483. The summed E-state index contributed by atoms with van der Waals surface area (Å²) in [6.45, 7) is 0. The Hall–Kier alpha value is -3.15. The summed E-state index contributed by atoms with van der Waals surface area (Å²) in [5.41, 5.74) is 2.09. The van der Waals surface area contributed by atoms with Crippen LogP contribution in [0.15, 0.2) is 53.7 Å². The van der Waals surface area contributed by atoms with Crippen molar-refractivity contribution in [3.8, 4) is 11.5 Å². The summed E-state index contributed by atoms with van der Waals surface area (Å²) in [4.78, 5) is 27.6. The van der Waals surface area contributed by atoms with Gasteiger partial charge in [-0.2, -0.15) is 0 Å². The number of rotatable bonds is 4. The molecule has 0 bridgehead atoms. The Morgan fingerprint density at radius 1 is 1.00 bits per heavy atom. The molecule has 0 aromatic heterocycles. The molecule has 0 radical (unpaired) electrons. The van der Waals surface area contributed by atoms with Crippen molar-refractivity contribution < 1.29 is 23.5 Å². The first-order valence-corrected chi connectivity index (χ1v) is 9.61. The highest BCUT2D eigenvalue weighted by Crippen LogP contribution is 2.47. The zero-order valence-electron chi connectivity index (χ0n) is 16.4. The number of anilines is 1. The van der Waals surface area contributed by atoms with Crippen LogP contribution < -0.4 is 14.4 Å². The van der Waals surface area contributed by atoms with Gasteiger partial charge in [-0.05, 0) is 31.0 Å². The average molecular weight is 395 g/mol. The third kappa shape index (κ3) is 3.18. The molecule has 1 aliphatic carbocycles. The fourth-order valence-electron chi connectivity index (χ4n) is 4.36. The number of ketones is 1. The van der Waals surface area contributed by atoms with E-state index in [0.29, 0.717) is 42.0 Å². The minimum Gasteiger partial charge on any atom is -0.493 e. The number of methoxy groups -OCH3 is 2. The van der Waals surface area contributed by atoms with E-state index < -0.39 is 11.7 Å². The van der Waals surface area contributed by atoms with E-state index >= 15 is 0 Å². The highest BCUT2D eigenvalue weighted by Gasteiger charge is 2.41. The second-order valence-corrected chi connectivity index (χ2v) is 7.16. The van der Waals surface area contributed by atoms with Gasteiger partial charge in [0.1, 0.15) is 5.82 Å². The Labute approximate surface area is 168 Å². The van der Waals surface area contributed by atoms with Gasteiger partial charge >= 0.3 is 0 Å². The van der Waals surface area contributed by atoms with Gasteiger partial charge in [0.25, 0.3) is 0 Å². The van der Waals surface area contributed by atoms with Crippen LogP contribution in [0.4, 0.5) is 10.1 Å². The molecule has 1 aliphatic heterocycles. The zero-order valence-corrected chi connectivity index (χ0v) is 16.4. The normalized spacial score (nSPS) is 19.3. The number of halogens is 1. The third-order valence-electron chi connectivity index (χ3n) is 5.58. The molecule has 0 saturated heterocycles. The first-order valence-electron chi connectivity index (χ1n) is 9.61. The number of Topliss-reactive ketones (excluding diaryl/α,β-unsaturated/α-hetero) is 1. The van der Waals surface area contributed by atoms with E-state index in [4.69, 9.17) is 9.47 Å². The summed E-state index contributed by atoms with van der Waals surface area (Å²) in [5, 5.41) is 0. The van der Waals surface area contributed by atoms with Crippen molar-refractivity contribution in [3.63, 3.8) is 0 Å². The maximum atomic E-state index is 14.5. The van der Waals surface area contributed by atoms with Crippen LogP contribution in [-0.2, 0) is 9.59 Å². The molecule has 29 heavy (non-hydrogen) atoms. The number of allylic oxidation sites excluding steroid dienone is 2. The largest absolute Gasteiger partial charge is 0.493 e. The molecule has 150 valence electrons. The van der Waals surface area contributed by atoms with Crippen LogP contribution in [-0.4, -0.2) is 25.9 Å². The van der Waals surface area contributed by atoms with Gasteiger partial charge in [0.05, 0.1) is 19.9 Å². The van der Waals surface area contributed by atoms with E-state index in [2.05, 4.69) is 0 Å². The van der Waals surface area contributed by atoms with Gasteiger partial charge in [-0.15, -0.1) is 0 Å². The van der Waals surface area contributed by atoms with Crippen LogP contribution in [0.3, 0.4) is 0 Å². The SMILES string of the molecule is COc1cccc([C@H]2CC(=O)N(c3ccccc3F)C3=C2C(=O)CCC3)c1OC. The first-order chi connectivity index (χ1) is 14.1. The van der Waals surface area contributed by atoms with E-state index in [0.717, 1.165) is 5.56 Å². The van der Waals surface area contributed by atoms with Gasteiger partial charge in [-0.1, -0.05) is 24.3 Å². The molecule has 2 aromatic rings. The highest BCUT2D eigenvalue weighted by atomic mass is 19.1. The van der Waals surface area contributed by atoms with E-state index in [1.54, 1.807) is 31.4 Å². The van der Waals surface area contributed by atoms with Gasteiger partial charge in [-0.25, -0.2) is 4.39 Å². The van der Waals surface area contributed by atoms with Crippen molar-refractivity contribution in [1.82, 2.24) is 0 Å². The standard InChI is InChI=1S/C23H22FNO4/c1-28-20-12-5-7-14(23(20)29-2)15-13-21(27)25(17-9-4-3-8-16(17)24)18-10-6-11-19(26)22(15)18/h3-5,7-9,12,15H,6,10-11,13H2,1-2H3/t15-/m1/s1. The predicted molar refractivity (Wildman–Crippen MR) is 107 cm³/mol. The van der Waals surface area contributed by atoms with E-state index in [1.807, 2.05) is 12.1 Å². The smallest absolute Gasteiger partial charge is 0.232 e. The quantitative estimate of drug-likeness (QED) is 0.771. The van der Waals surface area contributed by atoms with Crippen LogP contribution >= 0.6 is 0 Å². The number of carbonyl (C=O) groups excluding carboxylic acids is 2. The molecule has 0 saturated carbocycles. The van der Waals surface area contributed by atoms with Crippen LogP contribution in [0.5, 0.6) is 11.5 Å². The van der Waals surface area contributed by atoms with Crippen LogP contribution in [0.2, 0.25) is 0 Å². The number of para-hydroxylation sites is 2. The lowest BCUT2D eigenvalue weighted by Crippen LogP contribution is -2.41. The fraction of sp³-hybridized carbons (Fsp3) is 0.304. The summed E-state index contributed by atoms with van der Waals surface area (Å²) < 4.78 is 25.5. The van der Waals surface area contributed by atoms with E-state index in [1.165, 1.54) is 18.1 Å². The molecule has 0 fully saturated rings. The maximum Gasteiger partial charge on any atom is 0.232 e. The Balaban J connectivity index is 1.91. The van der Waals surface area contributed by atoms with Crippen molar-refractivity contribution in [2.75, 3.05) is 19.1 Å². The molecule has 5 nitrogen and oxygen atoms in total. The Kier molecular flexibility index (Phi) is 5.09. The second-order valence-electron chi connectivity index (χ2n) is 7.16. The number of hydrogen-bond acceptors (Lipinski definition) is 4. The summed E-state index contributed by atoms with van der Waals surface area (Å²) in [6.07, 6.45) is 1.66. The Morgan fingerprint density at radius 2 is 1.79 bits per heavy atom. The van der Waals surface area contributed by atoms with Gasteiger partial charge in [0.2, 0.25) is 5.91 Å². The molecular formula is C23H22FNO4. The minimum absolute atomic E-state index is 0.00466. The molecule has 0 spiro atoms. The lowest BCUT2D eigenvalue weighted by Gasteiger charge is -2.38. The molecule has 1 heterocycles. The molecular weight excluding hydrogens is 373 g/mol. The van der Waals surface area contributed by atoms with Gasteiger partial charge < -0.3 is 9.47 Å². The fourth-order valence-corrected chi connectivity index (χ4v) is 4.36. The number of hydrogen-bond donors (Lipinski definition) is 0. The molecule has 0 unspecified atom stereocenters. The monoisotopic (exact) mass is 395 g/mol. The van der Waals surface area contributed by atoms with Crippen molar-refractivity contribution in [2.24, 2.45) is 0 Å². The Morgan fingerprint density at radius 3 is 2.52 bits per heavy atom. The van der Waals surface area contributed by atoms with Gasteiger partial charge in [-0.3, -0.25) is 14.5 Å². The third-order valence-corrected chi connectivity index (χ3v) is 5.58. The van der Waals surface area contributed by atoms with E-state index in [-0.39, 0.29) is 23.8 Å². The summed E-state index contributed by atoms with van der Waals surface area (Å²) in [7, 11) is 3.08. The first kappa shape index (κ1) is 19.2. The summed E-state index contributed by atoms with van der Waals surface area (Å²) in [6, 6.07) is 11.6. The summed E-state index contributed by atoms with van der Waals surface area (Å²) >= 11 is 0. The molecule has 0 N–H and O–H groups in total. The van der Waals surface area contributed by atoms with Crippen molar-refractivity contribution in [2.45, 2.75) is 31.6 Å². The van der Waals surface area contributed by atoms with Gasteiger partial charge in [0, 0.05) is 35.6 Å². The number of nitrogens with zero attached hydrogens (tertiary/aromatic N) is 1. The number of benzene rings is 2. The van der Waals surface area contributed by atoms with Crippen molar-refractivity contribution in [1.29, 1.82) is 0 Å². The Bertz CT molecular complexity index is 1010. The van der Waals surface area contributed by atoms with Gasteiger partial charge in [0.15, 0.2) is 17.3 Å². The molecule has 1 atom stereocenters. The molecule has 2 aromatic carbocycles. The highest BCUT2D eigenvalue weighted by molar-refractivity contribution is 6.07. The van der Waals surface area contributed by atoms with Crippen molar-refractivity contribution in [3.05, 3.63) is 65.1 Å². The number of ether oxygens (including phenoxy) is 2. The summed E-state index contributed by atoms with van der Waals surface area (Å²) in [5.74, 6) is -0.119. The molecule has 2 aliphatic rings. The number of amides is 1. The van der Waals surface area contributed by atoms with Crippen molar-refractivity contribution >= 4 is 17.4 Å². The van der Waals surface area contributed by atoms with Crippen LogP contribution in [0.25, 0.3) is 0 Å². The molecule has 6 heteroatoms. The number of carbonyl (C=O) groups is 2. The lowest BCUT2D eigenvalue weighted by molar-refractivity contribution is -0.120. The molecule has 1 amide bonds. The predicted octanol–water partition coefficient (Wildman–Crippen LogP) is 4.37. The zero-order chi connectivity index (χ0) is 20.5. The van der Waals surface area contributed by atoms with Crippen LogP contribution in [0.1, 0.15) is 37.2 Å². The molecule has 4 rings (SSSR count). The van der Waals surface area contributed by atoms with E-state index in [9.17, 15) is 14.0 Å². The second kappa shape index (κ2) is 7.70. The average Bonchev–Trinajstić information content (AvgIpc) is 2.73. The maximum absolute atomic E-state index is 14.5. The topological polar surface area (TPSA) is 55.8 Å². The lowest BCUT2D eigenvalue weighted by atomic mass is 9.76.